The minimum Gasteiger partial charge on any atom is -0.493 e. The molecule has 0 aliphatic carbocycles. The lowest BCUT2D eigenvalue weighted by Crippen LogP contribution is -2.34. The fourth-order valence-electron chi connectivity index (χ4n) is 5.34. The number of benzene rings is 2. The number of aromatic nitrogens is 1. The van der Waals surface area contributed by atoms with Gasteiger partial charge in [0.1, 0.15) is 12.4 Å². The molecule has 1 aliphatic heterocycles. The van der Waals surface area contributed by atoms with Crippen LogP contribution in [0.3, 0.4) is 0 Å². The minimum absolute atomic E-state index is 0.115. The first-order chi connectivity index (χ1) is 21.2. The van der Waals surface area contributed by atoms with E-state index in [9.17, 15) is 15.0 Å². The zero-order valence-electron chi connectivity index (χ0n) is 25.2. The van der Waals surface area contributed by atoms with Gasteiger partial charge in [0.2, 0.25) is 11.0 Å². The molecule has 2 atom stereocenters. The van der Waals surface area contributed by atoms with E-state index in [4.69, 9.17) is 14.2 Å². The molecule has 2 unspecified atom stereocenters. The van der Waals surface area contributed by atoms with Crippen LogP contribution in [-0.4, -0.2) is 45.3 Å². The van der Waals surface area contributed by atoms with Crippen LogP contribution >= 0.6 is 23.1 Å². The summed E-state index contributed by atoms with van der Waals surface area (Å²) in [4.78, 5) is 16.5. The zero-order chi connectivity index (χ0) is 31.1. The molecule has 0 bridgehead atoms. The van der Waals surface area contributed by atoms with Crippen LogP contribution in [0.5, 0.6) is 11.6 Å². The van der Waals surface area contributed by atoms with Crippen LogP contribution in [0.15, 0.2) is 60.1 Å². The summed E-state index contributed by atoms with van der Waals surface area (Å²) in [6.45, 7) is 6.80. The number of nitrogens with zero attached hydrogens (tertiary/aromatic N) is 1. The van der Waals surface area contributed by atoms with Crippen LogP contribution in [-0.2, 0) is 16.1 Å². The molecule has 2 aromatic carbocycles. The lowest BCUT2D eigenvalue weighted by Gasteiger charge is -2.31. The van der Waals surface area contributed by atoms with Crippen LogP contribution in [0, 0.1) is 24.7 Å². The molecule has 0 spiro atoms. The van der Waals surface area contributed by atoms with Crippen molar-refractivity contribution in [2.45, 2.75) is 57.7 Å². The number of aryl methyl sites for hydroxylation is 1. The maximum atomic E-state index is 12.0. The number of hydrogen-bond acceptors (Lipinski definition) is 9. The number of fused-ring (bicyclic) bond motifs is 1. The quantitative estimate of drug-likeness (QED) is 0.103. The second-order valence-electron chi connectivity index (χ2n) is 10.9. The van der Waals surface area contributed by atoms with Gasteiger partial charge in [0.05, 0.1) is 25.6 Å². The van der Waals surface area contributed by atoms with Gasteiger partial charge in [-0.15, -0.1) is 17.3 Å². The van der Waals surface area contributed by atoms with E-state index in [-0.39, 0.29) is 24.2 Å². The number of pyridine rings is 1. The Hall–Kier alpha value is -3.55. The highest BCUT2D eigenvalue weighted by molar-refractivity contribution is 8.00. The van der Waals surface area contributed by atoms with Crippen LogP contribution in [0.4, 0.5) is 0 Å². The number of aliphatic hydroxyl groups is 2. The van der Waals surface area contributed by atoms with Crippen molar-refractivity contribution in [3.63, 3.8) is 0 Å². The summed E-state index contributed by atoms with van der Waals surface area (Å²) in [5, 5.41) is 21.6. The molecule has 7 nitrogen and oxygen atoms in total. The minimum atomic E-state index is -1.66. The van der Waals surface area contributed by atoms with E-state index >= 15 is 0 Å². The average Bonchev–Trinajstić information content (AvgIpc) is 3.42. The first-order valence-corrected chi connectivity index (χ1v) is 16.6. The van der Waals surface area contributed by atoms with Gasteiger partial charge in [-0.1, -0.05) is 35.9 Å². The normalized spacial score (nSPS) is 16.5. The van der Waals surface area contributed by atoms with E-state index in [2.05, 4.69) is 53.4 Å². The van der Waals surface area contributed by atoms with Gasteiger partial charge in [-0.3, -0.25) is 4.79 Å². The molecule has 1 aliphatic rings. The van der Waals surface area contributed by atoms with Gasteiger partial charge in [-0.05, 0) is 90.8 Å². The summed E-state index contributed by atoms with van der Waals surface area (Å²) in [6, 6.07) is 16.2. The van der Waals surface area contributed by atoms with Gasteiger partial charge in [-0.2, -0.15) is 0 Å². The van der Waals surface area contributed by atoms with Crippen LogP contribution in [0.2, 0.25) is 0 Å². The SMILES string of the molecule is CC#CC(CC(=O)OCC)c1ccc(OCc2ccc3scc(-c4ccc(OCC5CCSC(O)(O)C5)cc4C)c3c2)nc1. The smallest absolute Gasteiger partial charge is 0.307 e. The molecule has 5 rings (SSSR count). The number of thioether (sulfide) groups is 1. The molecular weight excluding hydrogens is 595 g/mol. The Bertz CT molecular complexity index is 1650. The largest absolute Gasteiger partial charge is 0.493 e. The van der Waals surface area contributed by atoms with Crippen molar-refractivity contribution in [3.8, 4) is 34.6 Å². The third-order valence-electron chi connectivity index (χ3n) is 7.57. The van der Waals surface area contributed by atoms with Gasteiger partial charge in [0, 0.05) is 34.3 Å². The molecule has 230 valence electrons. The van der Waals surface area contributed by atoms with Crippen molar-refractivity contribution < 1.29 is 29.2 Å². The number of esters is 1. The summed E-state index contributed by atoms with van der Waals surface area (Å²) in [5.74, 6) is 7.53. The number of thiophene rings is 1. The number of carbonyl (C=O) groups is 1. The highest BCUT2D eigenvalue weighted by Gasteiger charge is 2.33. The second-order valence-corrected chi connectivity index (χ2v) is 13.2. The summed E-state index contributed by atoms with van der Waals surface area (Å²) in [5.41, 5.74) is 5.30. The standard InChI is InChI=1S/C35H37NO6S2/c1-4-6-26(17-34(37)40-5-2)27-8-12-33(36-19-27)42-20-24-7-11-32-30(16-24)31(22-43-32)29-10-9-28(15-23(29)3)41-21-25-13-14-44-35(38,39)18-25/h7-12,15-16,19,22,25-26,38-39H,5,13-14,17-18,20-21H2,1-3H3. The Morgan fingerprint density at radius 3 is 2.73 bits per heavy atom. The Morgan fingerprint density at radius 1 is 1.14 bits per heavy atom. The molecule has 2 N–H and O–H groups in total. The van der Waals surface area contributed by atoms with Crippen LogP contribution < -0.4 is 9.47 Å². The fourth-order valence-corrected chi connectivity index (χ4v) is 7.41. The van der Waals surface area contributed by atoms with E-state index in [1.807, 2.05) is 24.3 Å². The number of ether oxygens (including phenoxy) is 3. The molecule has 3 heterocycles. The molecule has 0 saturated carbocycles. The topological polar surface area (TPSA) is 98.1 Å². The van der Waals surface area contributed by atoms with Gasteiger partial charge in [0.15, 0.2) is 0 Å². The molecule has 9 heteroatoms. The highest BCUT2D eigenvalue weighted by atomic mass is 32.2. The van der Waals surface area contributed by atoms with Gasteiger partial charge in [0.25, 0.3) is 0 Å². The third-order valence-corrected chi connectivity index (χ3v) is 9.60. The van der Waals surface area contributed by atoms with E-state index in [1.165, 1.54) is 16.5 Å². The fraction of sp³-hybridized carbons (Fsp3) is 0.371. The van der Waals surface area contributed by atoms with E-state index < -0.39 is 5.12 Å². The van der Waals surface area contributed by atoms with E-state index in [0.29, 0.717) is 37.9 Å². The first-order valence-electron chi connectivity index (χ1n) is 14.7. The Kier molecular flexibility index (Phi) is 10.5. The second kappa shape index (κ2) is 14.5. The molecule has 2 aromatic heterocycles. The average molecular weight is 632 g/mol. The lowest BCUT2D eigenvalue weighted by atomic mass is 9.98. The number of hydrogen-bond donors (Lipinski definition) is 2. The molecule has 0 amide bonds. The molecule has 1 fully saturated rings. The van der Waals surface area contributed by atoms with Crippen molar-refractivity contribution in [1.29, 1.82) is 0 Å². The van der Waals surface area contributed by atoms with Crippen molar-refractivity contribution in [2.75, 3.05) is 19.0 Å². The third kappa shape index (κ3) is 8.13. The number of carbonyl (C=O) groups excluding carboxylic acids is 1. The van der Waals surface area contributed by atoms with E-state index in [1.54, 1.807) is 31.4 Å². The monoisotopic (exact) mass is 631 g/mol. The predicted molar refractivity (Wildman–Crippen MR) is 176 cm³/mol. The maximum absolute atomic E-state index is 12.0. The van der Waals surface area contributed by atoms with Gasteiger partial charge < -0.3 is 24.4 Å². The first kappa shape index (κ1) is 31.9. The number of rotatable bonds is 11. The summed E-state index contributed by atoms with van der Waals surface area (Å²) in [6.07, 6.45) is 3.12. The van der Waals surface area contributed by atoms with Crippen molar-refractivity contribution in [1.82, 2.24) is 4.98 Å². The predicted octanol–water partition coefficient (Wildman–Crippen LogP) is 7.07. The molecular formula is C35H37NO6S2. The van der Waals surface area contributed by atoms with Crippen molar-refractivity contribution >= 4 is 39.2 Å². The summed E-state index contributed by atoms with van der Waals surface area (Å²) < 4.78 is 18.4. The van der Waals surface area contributed by atoms with Crippen molar-refractivity contribution in [2.24, 2.45) is 5.92 Å². The maximum Gasteiger partial charge on any atom is 0.307 e. The molecule has 1 saturated heterocycles. The molecule has 4 aromatic rings. The zero-order valence-corrected chi connectivity index (χ0v) is 26.8. The molecule has 44 heavy (non-hydrogen) atoms. The Balaban J connectivity index is 1.24. The summed E-state index contributed by atoms with van der Waals surface area (Å²) >= 11 is 2.90. The Morgan fingerprint density at radius 2 is 2.00 bits per heavy atom. The van der Waals surface area contributed by atoms with Crippen LogP contribution in [0.25, 0.3) is 21.2 Å². The Labute approximate surface area is 266 Å². The lowest BCUT2D eigenvalue weighted by molar-refractivity contribution is -0.143. The van der Waals surface area contributed by atoms with Crippen LogP contribution in [0.1, 0.15) is 55.7 Å². The summed E-state index contributed by atoms with van der Waals surface area (Å²) in [7, 11) is 0. The van der Waals surface area contributed by atoms with Gasteiger partial charge >= 0.3 is 5.97 Å². The molecule has 0 radical (unpaired) electrons. The van der Waals surface area contributed by atoms with E-state index in [0.717, 1.165) is 45.4 Å². The van der Waals surface area contributed by atoms with Crippen molar-refractivity contribution in [3.05, 3.63) is 76.8 Å². The van der Waals surface area contributed by atoms with Gasteiger partial charge in [-0.25, -0.2) is 4.98 Å². The highest BCUT2D eigenvalue weighted by Crippen LogP contribution is 2.38.